The number of β-amino-alcohol motifs (C(OH)–C–C–N with tert-alkyl or cyclic N) is 1. The van der Waals surface area contributed by atoms with Crippen molar-refractivity contribution in [2.75, 3.05) is 11.4 Å². The van der Waals surface area contributed by atoms with Gasteiger partial charge >= 0.3 is 0 Å². The fraction of sp³-hybridized carbons (Fsp3) is 0.536. The van der Waals surface area contributed by atoms with Crippen LogP contribution in [0.3, 0.4) is 0 Å². The smallest absolute Gasteiger partial charge is 0.248 e. The van der Waals surface area contributed by atoms with Gasteiger partial charge in [0.05, 0.1) is 17.2 Å². The number of aliphatic hydroxyl groups excluding tert-OH is 1. The summed E-state index contributed by atoms with van der Waals surface area (Å²) in [6, 6.07) is 8.00. The molecule has 2 amide bonds. The average Bonchev–Trinajstić information content (AvgIpc) is 3.28. The van der Waals surface area contributed by atoms with E-state index in [1.54, 1.807) is 17.2 Å². The van der Waals surface area contributed by atoms with Gasteiger partial charge in [-0.2, -0.15) is 0 Å². The number of benzene rings is 1. The van der Waals surface area contributed by atoms with Crippen molar-refractivity contribution in [1.29, 1.82) is 0 Å². The molecule has 8 heteroatoms. The van der Waals surface area contributed by atoms with Crippen molar-refractivity contribution in [3.63, 3.8) is 0 Å². The first kappa shape index (κ1) is 26.6. The summed E-state index contributed by atoms with van der Waals surface area (Å²) in [5.74, 6) is -0.517. The number of nitrogens with one attached hydrogen (secondary N) is 2. The summed E-state index contributed by atoms with van der Waals surface area (Å²) in [5, 5.41) is 16.8. The fourth-order valence-corrected chi connectivity index (χ4v) is 5.30. The zero-order valence-electron chi connectivity index (χ0n) is 21.3. The van der Waals surface area contributed by atoms with Crippen LogP contribution < -0.4 is 15.5 Å². The average molecular weight is 513 g/mol. The van der Waals surface area contributed by atoms with Crippen LogP contribution in [0.2, 0.25) is 5.02 Å². The minimum absolute atomic E-state index is 0.0564. The Bertz CT molecular complexity index is 1060. The highest BCUT2D eigenvalue weighted by molar-refractivity contribution is 6.30. The number of halogens is 1. The van der Waals surface area contributed by atoms with Crippen molar-refractivity contribution in [3.05, 3.63) is 58.9 Å². The standard InChI is InChI=1S/C28H37ClN4O3/c1-28(2,3)19-9-11-22(12-10-19)33(27(36)24-14-23(34)17-31-24)25(18-13-20(29)16-30-15-18)26(35)32-21-7-5-4-6-8-21/h9-13,15-16,21,23-25,31,34H,4-8,14,17H2,1-3H3,(H,32,35). The number of aromatic nitrogens is 1. The van der Waals surface area contributed by atoms with Crippen LogP contribution in [0, 0.1) is 0 Å². The van der Waals surface area contributed by atoms with Crippen molar-refractivity contribution >= 4 is 29.1 Å². The lowest BCUT2D eigenvalue weighted by Gasteiger charge is -2.35. The number of anilines is 1. The zero-order chi connectivity index (χ0) is 25.9. The molecule has 1 aliphatic heterocycles. The molecule has 2 fully saturated rings. The third-order valence-electron chi connectivity index (χ3n) is 7.15. The van der Waals surface area contributed by atoms with Gasteiger partial charge in [0.15, 0.2) is 0 Å². The van der Waals surface area contributed by atoms with E-state index >= 15 is 0 Å². The van der Waals surface area contributed by atoms with Crippen molar-refractivity contribution < 1.29 is 14.7 Å². The molecule has 194 valence electrons. The van der Waals surface area contributed by atoms with Gasteiger partial charge in [0.25, 0.3) is 0 Å². The third-order valence-corrected chi connectivity index (χ3v) is 7.36. The van der Waals surface area contributed by atoms with E-state index in [-0.39, 0.29) is 23.3 Å². The first-order chi connectivity index (χ1) is 17.1. The first-order valence-electron chi connectivity index (χ1n) is 12.9. The normalized spacial score (nSPS) is 21.7. The second kappa shape index (κ2) is 11.3. The van der Waals surface area contributed by atoms with Gasteiger partial charge in [0.2, 0.25) is 11.8 Å². The molecule has 36 heavy (non-hydrogen) atoms. The molecule has 0 spiro atoms. The minimum Gasteiger partial charge on any atom is -0.392 e. The number of carbonyl (C=O) groups excluding carboxylic acids is 2. The van der Waals surface area contributed by atoms with E-state index < -0.39 is 18.2 Å². The van der Waals surface area contributed by atoms with E-state index in [9.17, 15) is 14.7 Å². The minimum atomic E-state index is -0.953. The number of amides is 2. The van der Waals surface area contributed by atoms with Gasteiger partial charge in [0, 0.05) is 36.2 Å². The molecule has 2 aromatic rings. The summed E-state index contributed by atoms with van der Waals surface area (Å²) in [6.07, 6.45) is 7.98. The Balaban J connectivity index is 1.77. The summed E-state index contributed by atoms with van der Waals surface area (Å²) in [5.41, 5.74) is 2.22. The highest BCUT2D eigenvalue weighted by Gasteiger charge is 2.39. The molecule has 1 saturated heterocycles. The van der Waals surface area contributed by atoms with Crippen LogP contribution in [0.15, 0.2) is 42.7 Å². The largest absolute Gasteiger partial charge is 0.392 e. The monoisotopic (exact) mass is 512 g/mol. The maximum Gasteiger partial charge on any atom is 0.248 e. The third kappa shape index (κ3) is 6.25. The number of rotatable bonds is 6. The fourth-order valence-electron chi connectivity index (χ4n) is 5.12. The van der Waals surface area contributed by atoms with Crippen molar-refractivity contribution in [1.82, 2.24) is 15.6 Å². The van der Waals surface area contributed by atoms with E-state index in [4.69, 9.17) is 11.6 Å². The summed E-state index contributed by atoms with van der Waals surface area (Å²) in [7, 11) is 0. The van der Waals surface area contributed by atoms with Crippen molar-refractivity contribution in [2.45, 2.75) is 88.9 Å². The van der Waals surface area contributed by atoms with Gasteiger partial charge < -0.3 is 15.7 Å². The van der Waals surface area contributed by atoms with E-state index in [0.29, 0.717) is 29.2 Å². The predicted octanol–water partition coefficient (Wildman–Crippen LogP) is 4.28. The second-order valence-electron chi connectivity index (χ2n) is 11.0. The number of pyridine rings is 1. The molecular formula is C28H37ClN4O3. The lowest BCUT2D eigenvalue weighted by molar-refractivity contribution is -0.128. The molecule has 1 aromatic heterocycles. The van der Waals surface area contributed by atoms with E-state index in [0.717, 1.165) is 31.2 Å². The lowest BCUT2D eigenvalue weighted by atomic mass is 9.87. The first-order valence-corrected chi connectivity index (χ1v) is 13.3. The highest BCUT2D eigenvalue weighted by atomic mass is 35.5. The van der Waals surface area contributed by atoms with Gasteiger partial charge in [0.1, 0.15) is 6.04 Å². The van der Waals surface area contributed by atoms with Gasteiger partial charge in [-0.1, -0.05) is 63.8 Å². The molecule has 3 N–H and O–H groups in total. The Hall–Kier alpha value is -2.48. The van der Waals surface area contributed by atoms with Crippen LogP contribution in [0.1, 0.15) is 76.5 Å². The van der Waals surface area contributed by atoms with Crippen molar-refractivity contribution in [3.8, 4) is 0 Å². The topological polar surface area (TPSA) is 94.6 Å². The van der Waals surface area contributed by atoms with E-state index in [1.807, 2.05) is 24.3 Å². The Morgan fingerprint density at radius 3 is 2.42 bits per heavy atom. The molecule has 0 bridgehead atoms. The molecule has 3 atom stereocenters. The maximum atomic E-state index is 14.0. The van der Waals surface area contributed by atoms with E-state index in [2.05, 4.69) is 36.4 Å². The number of carbonyl (C=O) groups is 2. The summed E-state index contributed by atoms with van der Waals surface area (Å²) >= 11 is 6.29. The number of hydrogen-bond acceptors (Lipinski definition) is 5. The summed E-state index contributed by atoms with van der Waals surface area (Å²) in [4.78, 5) is 33.7. The van der Waals surface area contributed by atoms with Crippen LogP contribution in [-0.2, 0) is 15.0 Å². The molecule has 3 unspecified atom stereocenters. The lowest BCUT2D eigenvalue weighted by Crippen LogP contribution is -2.51. The molecule has 2 aliphatic rings. The van der Waals surface area contributed by atoms with Crippen LogP contribution in [0.4, 0.5) is 5.69 Å². The Morgan fingerprint density at radius 2 is 1.83 bits per heavy atom. The van der Waals surface area contributed by atoms with E-state index in [1.165, 1.54) is 12.6 Å². The molecule has 1 saturated carbocycles. The van der Waals surface area contributed by atoms with Gasteiger partial charge in [-0.3, -0.25) is 19.5 Å². The zero-order valence-corrected chi connectivity index (χ0v) is 22.1. The van der Waals surface area contributed by atoms with Gasteiger partial charge in [-0.05, 0) is 48.4 Å². The number of hydrogen-bond donors (Lipinski definition) is 3. The van der Waals surface area contributed by atoms with Crippen molar-refractivity contribution in [2.24, 2.45) is 0 Å². The molecule has 7 nitrogen and oxygen atoms in total. The molecule has 1 aromatic carbocycles. The molecule has 4 rings (SSSR count). The molecule has 0 radical (unpaired) electrons. The van der Waals surface area contributed by atoms with Crippen LogP contribution in [0.5, 0.6) is 0 Å². The number of nitrogens with zero attached hydrogens (tertiary/aromatic N) is 2. The molecular weight excluding hydrogens is 476 g/mol. The van der Waals surface area contributed by atoms with Crippen LogP contribution in [0.25, 0.3) is 0 Å². The summed E-state index contributed by atoms with van der Waals surface area (Å²) < 4.78 is 0. The SMILES string of the molecule is CC(C)(C)c1ccc(N(C(=O)C2CC(O)CN2)C(C(=O)NC2CCCCC2)c2cncc(Cl)c2)cc1. The van der Waals surface area contributed by atoms with Crippen LogP contribution >= 0.6 is 11.6 Å². The molecule has 1 aliphatic carbocycles. The second-order valence-corrected chi connectivity index (χ2v) is 11.5. The predicted molar refractivity (Wildman–Crippen MR) is 142 cm³/mol. The van der Waals surface area contributed by atoms with Crippen LogP contribution in [-0.4, -0.2) is 46.6 Å². The Kier molecular flexibility index (Phi) is 8.33. The highest BCUT2D eigenvalue weighted by Crippen LogP contribution is 2.33. The Morgan fingerprint density at radius 1 is 1.14 bits per heavy atom. The van der Waals surface area contributed by atoms with Gasteiger partial charge in [-0.15, -0.1) is 0 Å². The maximum absolute atomic E-state index is 14.0. The Labute approximate surface area is 218 Å². The molecule has 2 heterocycles. The summed E-state index contributed by atoms with van der Waals surface area (Å²) in [6.45, 7) is 6.73. The number of aliphatic hydroxyl groups is 1. The van der Waals surface area contributed by atoms with Gasteiger partial charge in [-0.25, -0.2) is 0 Å². The quantitative estimate of drug-likeness (QED) is 0.537.